The molecule has 2 N–H and O–H groups in total. The molecule has 2 rings (SSSR count). The van der Waals surface area contributed by atoms with E-state index < -0.39 is 18.5 Å². The van der Waals surface area contributed by atoms with Crippen LogP contribution in [0, 0.1) is 11.3 Å². The number of ether oxygens (including phenoxy) is 1. The molecule has 132 valence electrons. The summed E-state index contributed by atoms with van der Waals surface area (Å²) in [4.78, 5) is 23.4. The minimum absolute atomic E-state index is 0.0480. The average molecular weight is 358 g/mol. The van der Waals surface area contributed by atoms with Crippen LogP contribution in [0.4, 0.5) is 14.5 Å². The van der Waals surface area contributed by atoms with E-state index in [0.717, 1.165) is 0 Å². The highest BCUT2D eigenvalue weighted by Gasteiger charge is 2.14. The fraction of sp³-hybridized carbons (Fsp3) is 0.0556. The second kappa shape index (κ2) is 8.39. The number of anilines is 1. The number of carbonyl (C=O) groups is 2. The number of benzene rings is 2. The number of carbonyl (C=O) groups excluding carboxylic acids is 1. The zero-order chi connectivity index (χ0) is 19.1. The number of nitrogens with zero attached hydrogens (tertiary/aromatic N) is 1. The number of rotatable bonds is 6. The third kappa shape index (κ3) is 4.88. The molecule has 0 saturated heterocycles. The first-order valence-electron chi connectivity index (χ1n) is 7.21. The van der Waals surface area contributed by atoms with Gasteiger partial charge in [-0.2, -0.15) is 14.0 Å². The van der Waals surface area contributed by atoms with Crippen LogP contribution in [0.2, 0.25) is 0 Å². The second-order valence-corrected chi connectivity index (χ2v) is 4.92. The van der Waals surface area contributed by atoms with Crippen LogP contribution in [-0.4, -0.2) is 23.6 Å². The maximum Gasteiger partial charge on any atom is 0.387 e. The van der Waals surface area contributed by atoms with Gasteiger partial charge in [0.1, 0.15) is 17.4 Å². The molecule has 0 fully saturated rings. The summed E-state index contributed by atoms with van der Waals surface area (Å²) in [7, 11) is 0. The summed E-state index contributed by atoms with van der Waals surface area (Å²) < 4.78 is 28.4. The van der Waals surface area contributed by atoms with E-state index in [1.54, 1.807) is 12.1 Å². The quantitative estimate of drug-likeness (QED) is 0.608. The van der Waals surface area contributed by atoms with Crippen LogP contribution in [0.15, 0.2) is 54.1 Å². The minimum Gasteiger partial charge on any atom is -0.478 e. The molecule has 0 spiro atoms. The zero-order valence-corrected chi connectivity index (χ0v) is 13.1. The van der Waals surface area contributed by atoms with Gasteiger partial charge in [0.05, 0.1) is 11.3 Å². The van der Waals surface area contributed by atoms with Crippen LogP contribution < -0.4 is 10.1 Å². The van der Waals surface area contributed by atoms with Gasteiger partial charge in [0.2, 0.25) is 0 Å². The van der Waals surface area contributed by atoms with E-state index in [2.05, 4.69) is 10.1 Å². The number of para-hydroxylation sites is 1. The number of aromatic carboxylic acids is 1. The van der Waals surface area contributed by atoms with Crippen molar-refractivity contribution >= 4 is 23.6 Å². The number of alkyl halides is 2. The molecule has 6 nitrogen and oxygen atoms in total. The number of hydrogen-bond donors (Lipinski definition) is 2. The Kier molecular flexibility index (Phi) is 6.01. The fourth-order valence-corrected chi connectivity index (χ4v) is 2.03. The van der Waals surface area contributed by atoms with Crippen LogP contribution in [-0.2, 0) is 4.79 Å². The Balaban J connectivity index is 2.20. The number of halogens is 2. The van der Waals surface area contributed by atoms with Crippen LogP contribution >= 0.6 is 0 Å². The molecule has 2 aromatic rings. The summed E-state index contributed by atoms with van der Waals surface area (Å²) in [6, 6.07) is 12.8. The van der Waals surface area contributed by atoms with Crippen molar-refractivity contribution in [2.24, 2.45) is 0 Å². The number of carboxylic acids is 1. The molecule has 0 aliphatic carbocycles. The maximum atomic E-state index is 12.2. The van der Waals surface area contributed by atoms with E-state index in [4.69, 9.17) is 10.4 Å². The fourth-order valence-electron chi connectivity index (χ4n) is 2.03. The van der Waals surface area contributed by atoms with Crippen molar-refractivity contribution in [2.75, 3.05) is 5.32 Å². The summed E-state index contributed by atoms with van der Waals surface area (Å²) in [5.74, 6) is -2.08. The smallest absolute Gasteiger partial charge is 0.387 e. The Morgan fingerprint density at radius 3 is 2.38 bits per heavy atom. The van der Waals surface area contributed by atoms with Gasteiger partial charge in [-0.05, 0) is 35.9 Å². The van der Waals surface area contributed by atoms with E-state index in [1.165, 1.54) is 48.5 Å². The van der Waals surface area contributed by atoms with Crippen molar-refractivity contribution < 1.29 is 28.2 Å². The number of carboxylic acid groups (broad SMARTS) is 1. The molecular weight excluding hydrogens is 346 g/mol. The summed E-state index contributed by atoms with van der Waals surface area (Å²) in [6.45, 7) is -2.95. The molecule has 0 bridgehead atoms. The standard InChI is InChI=1S/C18H12F2N2O4/c19-18(20)26-13-7-5-11(6-8-13)9-12(10-21)16(23)22-15-4-2-1-3-14(15)17(24)25/h1-9,18H,(H,22,23)(H,24,25)/b12-9+. The Morgan fingerprint density at radius 2 is 1.81 bits per heavy atom. The topological polar surface area (TPSA) is 99.4 Å². The van der Waals surface area contributed by atoms with Crippen molar-refractivity contribution in [1.29, 1.82) is 5.26 Å². The van der Waals surface area contributed by atoms with Gasteiger partial charge in [-0.1, -0.05) is 24.3 Å². The molecule has 2 aromatic carbocycles. The van der Waals surface area contributed by atoms with E-state index in [1.807, 2.05) is 0 Å². The third-order valence-electron chi connectivity index (χ3n) is 3.19. The summed E-state index contributed by atoms with van der Waals surface area (Å²) in [6.07, 6.45) is 1.24. The number of hydrogen-bond acceptors (Lipinski definition) is 4. The van der Waals surface area contributed by atoms with Crippen molar-refractivity contribution in [3.63, 3.8) is 0 Å². The van der Waals surface area contributed by atoms with E-state index in [9.17, 15) is 18.4 Å². The molecule has 26 heavy (non-hydrogen) atoms. The molecule has 0 saturated carbocycles. The first-order chi connectivity index (χ1) is 12.4. The summed E-state index contributed by atoms with van der Waals surface area (Å²) >= 11 is 0. The lowest BCUT2D eigenvalue weighted by Crippen LogP contribution is -2.16. The van der Waals surface area contributed by atoms with Gasteiger partial charge in [0.25, 0.3) is 5.91 Å². The Morgan fingerprint density at radius 1 is 1.15 bits per heavy atom. The Hall–Kier alpha value is -3.73. The Bertz CT molecular complexity index is 887. The van der Waals surface area contributed by atoms with E-state index in [-0.39, 0.29) is 22.6 Å². The maximum absolute atomic E-state index is 12.2. The molecule has 0 unspecified atom stereocenters. The molecule has 0 aliphatic rings. The molecule has 0 atom stereocenters. The lowest BCUT2D eigenvalue weighted by atomic mass is 10.1. The first-order valence-corrected chi connectivity index (χ1v) is 7.21. The van der Waals surface area contributed by atoms with Crippen molar-refractivity contribution in [2.45, 2.75) is 6.61 Å². The molecule has 0 aliphatic heterocycles. The van der Waals surface area contributed by atoms with Crippen LogP contribution in [0.5, 0.6) is 5.75 Å². The monoisotopic (exact) mass is 358 g/mol. The SMILES string of the molecule is N#C/C(=C\c1ccc(OC(F)F)cc1)C(=O)Nc1ccccc1C(=O)O. The van der Waals surface area contributed by atoms with Gasteiger partial charge >= 0.3 is 12.6 Å². The van der Waals surface area contributed by atoms with Crippen LogP contribution in [0.1, 0.15) is 15.9 Å². The van der Waals surface area contributed by atoms with Gasteiger partial charge in [-0.25, -0.2) is 4.79 Å². The third-order valence-corrected chi connectivity index (χ3v) is 3.19. The predicted octanol–water partition coefficient (Wildman–Crippen LogP) is 3.53. The molecule has 0 radical (unpaired) electrons. The van der Waals surface area contributed by atoms with Crippen LogP contribution in [0.25, 0.3) is 6.08 Å². The van der Waals surface area contributed by atoms with E-state index in [0.29, 0.717) is 5.56 Å². The summed E-state index contributed by atoms with van der Waals surface area (Å²) in [5.41, 5.74) is 0.0519. The number of amides is 1. The molecule has 8 heteroatoms. The van der Waals surface area contributed by atoms with Crippen molar-refractivity contribution in [3.8, 4) is 11.8 Å². The Labute approximate surface area is 146 Å². The molecular formula is C18H12F2N2O4. The zero-order valence-electron chi connectivity index (χ0n) is 13.1. The minimum atomic E-state index is -2.95. The van der Waals surface area contributed by atoms with Crippen molar-refractivity contribution in [3.05, 3.63) is 65.2 Å². The normalized spacial score (nSPS) is 10.9. The van der Waals surface area contributed by atoms with Gasteiger partial charge in [-0.15, -0.1) is 0 Å². The van der Waals surface area contributed by atoms with Crippen molar-refractivity contribution in [1.82, 2.24) is 0 Å². The average Bonchev–Trinajstić information content (AvgIpc) is 2.60. The highest BCUT2D eigenvalue weighted by atomic mass is 19.3. The van der Waals surface area contributed by atoms with Gasteiger partial charge in [0, 0.05) is 0 Å². The molecule has 1 amide bonds. The lowest BCUT2D eigenvalue weighted by molar-refractivity contribution is -0.112. The molecule has 0 aromatic heterocycles. The molecule has 0 heterocycles. The van der Waals surface area contributed by atoms with E-state index >= 15 is 0 Å². The first kappa shape index (κ1) is 18.6. The number of nitrogens with one attached hydrogen (secondary N) is 1. The lowest BCUT2D eigenvalue weighted by Gasteiger charge is -2.08. The second-order valence-electron chi connectivity index (χ2n) is 4.92. The predicted molar refractivity (Wildman–Crippen MR) is 88.7 cm³/mol. The highest BCUT2D eigenvalue weighted by molar-refractivity contribution is 6.11. The van der Waals surface area contributed by atoms with Crippen LogP contribution in [0.3, 0.4) is 0 Å². The largest absolute Gasteiger partial charge is 0.478 e. The van der Waals surface area contributed by atoms with Gasteiger partial charge in [-0.3, -0.25) is 4.79 Å². The van der Waals surface area contributed by atoms with Gasteiger partial charge in [0.15, 0.2) is 0 Å². The summed E-state index contributed by atoms with van der Waals surface area (Å²) in [5, 5.41) is 20.6. The number of nitriles is 1. The highest BCUT2D eigenvalue weighted by Crippen LogP contribution is 2.19. The van der Waals surface area contributed by atoms with Gasteiger partial charge < -0.3 is 15.2 Å².